The zero-order valence-electron chi connectivity index (χ0n) is 40.1. The van der Waals surface area contributed by atoms with Crippen LogP contribution in [-0.2, 0) is 0 Å². The summed E-state index contributed by atoms with van der Waals surface area (Å²) in [6.07, 6.45) is 7.71. The lowest BCUT2D eigenvalue weighted by molar-refractivity contribution is 0.990. The van der Waals surface area contributed by atoms with Crippen LogP contribution in [0, 0.1) is 0 Å². The number of rotatable bonds is 9. The Balaban J connectivity index is 0.843. The fourth-order valence-electron chi connectivity index (χ4n) is 10.7. The Morgan fingerprint density at radius 1 is 0.216 bits per heavy atom. The van der Waals surface area contributed by atoms with Gasteiger partial charge in [0.15, 0.2) is 5.82 Å². The van der Waals surface area contributed by atoms with Gasteiger partial charge in [0, 0.05) is 45.1 Å². The molecule has 4 heterocycles. The molecule has 0 atom stereocenters. The molecule has 0 saturated heterocycles. The molecule has 4 aromatic heterocycles. The summed E-state index contributed by atoms with van der Waals surface area (Å²) in [5.41, 5.74) is 19.8. The summed E-state index contributed by atoms with van der Waals surface area (Å²) in [5, 5.41) is 4.62. The van der Waals surface area contributed by atoms with Crippen LogP contribution in [0.2, 0.25) is 0 Å². The van der Waals surface area contributed by atoms with Crippen LogP contribution < -0.4 is 0 Å². The predicted octanol–water partition coefficient (Wildman–Crippen LogP) is 17.1. The number of hydrogen-bond acceptors (Lipinski definition) is 4. The van der Waals surface area contributed by atoms with Crippen molar-refractivity contribution >= 4 is 43.6 Å². The molecule has 0 bridgehead atoms. The van der Waals surface area contributed by atoms with Gasteiger partial charge in [-0.2, -0.15) is 0 Å². The van der Waals surface area contributed by atoms with Crippen LogP contribution in [-0.4, -0.2) is 29.1 Å². The van der Waals surface area contributed by atoms with Gasteiger partial charge in [-0.25, -0.2) is 19.9 Å². The normalized spacial score (nSPS) is 11.5. The minimum absolute atomic E-state index is 0.636. The lowest BCUT2D eigenvalue weighted by Gasteiger charge is -2.10. The summed E-state index contributed by atoms with van der Waals surface area (Å²) >= 11 is 0. The van der Waals surface area contributed by atoms with Crippen molar-refractivity contribution < 1.29 is 0 Å². The molecule has 10 aromatic carbocycles. The lowest BCUT2D eigenvalue weighted by atomic mass is 9.95. The Bertz CT molecular complexity index is 4090. The lowest BCUT2D eigenvalue weighted by Crippen LogP contribution is -2.00. The standard InChI is InChI=1S/C68H44N6/c1-5-15-45(16-6-1)53-27-31-63-59(37-53)60-39-55(29-32-64(60)73(63)58-43-69-67(70-44-58)48-21-11-4-12-22-48)51-25-13-23-49(35-51)50-24-14-26-52(36-50)56-30-34-66-62(40-56)61-38-54(46-17-7-2-8-18-46)28-33-65(61)74(66)68-71-41-57(42-72-68)47-19-9-3-10-20-47/h1-44H. The average Bonchev–Trinajstić information content (AvgIpc) is 4.00. The minimum atomic E-state index is 0.636. The zero-order chi connectivity index (χ0) is 49.0. The SMILES string of the molecule is c1ccc(-c2cnc(-n3c4ccc(-c5ccccc5)cc4c4cc(-c5cccc(-c6cccc(-c7ccc8c(c7)c7cc(-c9ccccc9)ccc7n8-c7cnc(-c8ccccc8)nc7)c6)c5)ccc43)nc2)cc1. The highest BCUT2D eigenvalue weighted by atomic mass is 15.1. The van der Waals surface area contributed by atoms with Crippen molar-refractivity contribution in [3.8, 4) is 89.8 Å². The maximum Gasteiger partial charge on any atom is 0.234 e. The smallest absolute Gasteiger partial charge is 0.234 e. The van der Waals surface area contributed by atoms with Crippen LogP contribution in [0.1, 0.15) is 0 Å². The van der Waals surface area contributed by atoms with E-state index in [1.165, 1.54) is 27.5 Å². The minimum Gasteiger partial charge on any atom is -0.306 e. The summed E-state index contributed by atoms with van der Waals surface area (Å²) < 4.78 is 4.48. The van der Waals surface area contributed by atoms with Crippen LogP contribution in [0.4, 0.5) is 0 Å². The van der Waals surface area contributed by atoms with E-state index in [1.807, 2.05) is 73.3 Å². The molecule has 0 radical (unpaired) electrons. The summed E-state index contributed by atoms with van der Waals surface area (Å²) in [6.45, 7) is 0. The second-order valence-corrected chi connectivity index (χ2v) is 18.8. The van der Waals surface area contributed by atoms with Crippen molar-refractivity contribution in [2.75, 3.05) is 0 Å². The molecule has 0 amide bonds. The fourth-order valence-corrected chi connectivity index (χ4v) is 10.7. The van der Waals surface area contributed by atoms with E-state index in [-0.39, 0.29) is 0 Å². The van der Waals surface area contributed by atoms with Crippen molar-refractivity contribution in [1.82, 2.24) is 29.1 Å². The Morgan fingerprint density at radius 3 is 0.919 bits per heavy atom. The molecule has 6 nitrogen and oxygen atoms in total. The molecule has 0 aliphatic heterocycles. The van der Waals surface area contributed by atoms with Crippen molar-refractivity contribution in [2.45, 2.75) is 0 Å². The first-order chi connectivity index (χ1) is 36.7. The van der Waals surface area contributed by atoms with Gasteiger partial charge in [0.2, 0.25) is 5.95 Å². The number of hydrogen-bond donors (Lipinski definition) is 0. The molecule has 0 unspecified atom stereocenters. The molecule has 0 saturated carbocycles. The average molecular weight is 945 g/mol. The quantitative estimate of drug-likeness (QED) is 0.145. The second kappa shape index (κ2) is 18.0. The molecule has 0 aliphatic carbocycles. The molecule has 0 N–H and O–H groups in total. The molecular weight excluding hydrogens is 901 g/mol. The van der Waals surface area contributed by atoms with Gasteiger partial charge in [-0.3, -0.25) is 4.57 Å². The van der Waals surface area contributed by atoms with E-state index < -0.39 is 0 Å². The predicted molar refractivity (Wildman–Crippen MR) is 304 cm³/mol. The van der Waals surface area contributed by atoms with Crippen molar-refractivity contribution in [3.05, 3.63) is 267 Å². The highest BCUT2D eigenvalue weighted by Crippen LogP contribution is 2.40. The molecular formula is C68H44N6. The summed E-state index contributed by atoms with van der Waals surface area (Å²) in [5.74, 6) is 1.34. The first-order valence-corrected chi connectivity index (χ1v) is 24.9. The van der Waals surface area contributed by atoms with E-state index in [1.54, 1.807) is 0 Å². The van der Waals surface area contributed by atoms with Crippen LogP contribution in [0.3, 0.4) is 0 Å². The van der Waals surface area contributed by atoms with Crippen LogP contribution >= 0.6 is 0 Å². The number of nitrogens with zero attached hydrogens (tertiary/aromatic N) is 6. The maximum atomic E-state index is 4.95. The third-order valence-electron chi connectivity index (χ3n) is 14.3. The summed E-state index contributed by atoms with van der Waals surface area (Å²) in [4.78, 5) is 19.6. The monoisotopic (exact) mass is 944 g/mol. The van der Waals surface area contributed by atoms with Crippen molar-refractivity contribution in [1.29, 1.82) is 0 Å². The molecule has 14 aromatic rings. The maximum absolute atomic E-state index is 4.95. The number of benzene rings is 10. The van der Waals surface area contributed by atoms with Gasteiger partial charge in [0.05, 0.1) is 40.1 Å². The number of fused-ring (bicyclic) bond motifs is 6. The van der Waals surface area contributed by atoms with Crippen molar-refractivity contribution in [3.63, 3.8) is 0 Å². The fraction of sp³-hybridized carbons (Fsp3) is 0. The largest absolute Gasteiger partial charge is 0.306 e. The number of aromatic nitrogens is 6. The summed E-state index contributed by atoms with van der Waals surface area (Å²) in [6, 6.07) is 86.5. The third-order valence-corrected chi connectivity index (χ3v) is 14.3. The van der Waals surface area contributed by atoms with Crippen molar-refractivity contribution in [2.24, 2.45) is 0 Å². The summed E-state index contributed by atoms with van der Waals surface area (Å²) in [7, 11) is 0. The zero-order valence-corrected chi connectivity index (χ0v) is 40.1. The first kappa shape index (κ1) is 42.8. The van der Waals surface area contributed by atoms with E-state index in [2.05, 4.69) is 203 Å². The van der Waals surface area contributed by atoms with E-state index in [0.29, 0.717) is 11.8 Å². The second-order valence-electron chi connectivity index (χ2n) is 18.8. The molecule has 0 aliphatic rings. The molecule has 6 heteroatoms. The highest BCUT2D eigenvalue weighted by Gasteiger charge is 2.19. The van der Waals surface area contributed by atoms with Crippen LogP contribution in [0.15, 0.2) is 267 Å². The third kappa shape index (κ3) is 7.61. The van der Waals surface area contributed by atoms with Gasteiger partial charge in [0.25, 0.3) is 0 Å². The highest BCUT2D eigenvalue weighted by molar-refractivity contribution is 6.13. The Hall–Kier alpha value is -10.0. The van der Waals surface area contributed by atoms with Gasteiger partial charge < -0.3 is 4.57 Å². The molecule has 346 valence electrons. The van der Waals surface area contributed by atoms with Crippen LogP contribution in [0.25, 0.3) is 133 Å². The van der Waals surface area contributed by atoms with E-state index in [4.69, 9.17) is 19.9 Å². The van der Waals surface area contributed by atoms with E-state index in [0.717, 1.165) is 94.2 Å². The van der Waals surface area contributed by atoms with E-state index in [9.17, 15) is 0 Å². The molecule has 14 rings (SSSR count). The van der Waals surface area contributed by atoms with Crippen LogP contribution in [0.5, 0.6) is 0 Å². The van der Waals surface area contributed by atoms with Gasteiger partial charge in [-0.15, -0.1) is 0 Å². The van der Waals surface area contributed by atoms with E-state index >= 15 is 0 Å². The molecule has 0 spiro atoms. The topological polar surface area (TPSA) is 61.4 Å². The first-order valence-electron chi connectivity index (χ1n) is 24.9. The Morgan fingerprint density at radius 2 is 0.527 bits per heavy atom. The Labute approximate surface area is 427 Å². The van der Waals surface area contributed by atoms with Gasteiger partial charge in [-0.1, -0.05) is 182 Å². The van der Waals surface area contributed by atoms with Gasteiger partial charge >= 0.3 is 0 Å². The van der Waals surface area contributed by atoms with Gasteiger partial charge in [-0.05, 0) is 122 Å². The van der Waals surface area contributed by atoms with Gasteiger partial charge in [0.1, 0.15) is 0 Å². The Kier molecular flexibility index (Phi) is 10.4. The molecule has 74 heavy (non-hydrogen) atoms. The molecule has 0 fully saturated rings.